The van der Waals surface area contributed by atoms with Crippen LogP contribution < -0.4 is 0 Å². The first-order valence-corrected chi connectivity index (χ1v) is 10.1. The summed E-state index contributed by atoms with van der Waals surface area (Å²) < 4.78 is 5.88. The van der Waals surface area contributed by atoms with Crippen LogP contribution in [0.1, 0.15) is 68.1 Å². The number of amides is 1. The predicted molar refractivity (Wildman–Crippen MR) is 96.3 cm³/mol. The zero-order valence-electron chi connectivity index (χ0n) is 15.7. The molecule has 0 aromatic carbocycles. The van der Waals surface area contributed by atoms with Gasteiger partial charge in [0.15, 0.2) is 0 Å². The SMILES string of the molecule is C[C@@H]1C[C@@H](C)CN(C(=O)c2nc3c(o2)CCN(CC2CCCC2)C3)C1. The molecule has 138 valence electrons. The van der Waals surface area contributed by atoms with Crippen LogP contribution in [0.25, 0.3) is 0 Å². The van der Waals surface area contributed by atoms with E-state index >= 15 is 0 Å². The second kappa shape index (κ2) is 7.10. The zero-order valence-corrected chi connectivity index (χ0v) is 15.7. The van der Waals surface area contributed by atoms with Gasteiger partial charge in [0.25, 0.3) is 5.89 Å². The third kappa shape index (κ3) is 3.76. The molecular formula is C20H31N3O2. The van der Waals surface area contributed by atoms with Gasteiger partial charge < -0.3 is 9.32 Å². The lowest BCUT2D eigenvalue weighted by Gasteiger charge is -2.34. The normalized spacial score (nSPS) is 28.3. The van der Waals surface area contributed by atoms with Crippen molar-refractivity contribution in [2.75, 3.05) is 26.2 Å². The molecule has 0 radical (unpaired) electrons. The van der Waals surface area contributed by atoms with Crippen molar-refractivity contribution in [3.63, 3.8) is 0 Å². The lowest BCUT2D eigenvalue weighted by atomic mass is 9.92. The number of likely N-dealkylation sites (tertiary alicyclic amines) is 1. The number of carbonyl (C=O) groups excluding carboxylic acids is 1. The van der Waals surface area contributed by atoms with Crippen LogP contribution in [0, 0.1) is 17.8 Å². The molecule has 1 saturated carbocycles. The number of carbonyl (C=O) groups is 1. The van der Waals surface area contributed by atoms with E-state index in [9.17, 15) is 4.79 Å². The fourth-order valence-corrected chi connectivity index (χ4v) is 5.02. The molecule has 3 aliphatic rings. The number of aromatic nitrogens is 1. The molecule has 3 heterocycles. The van der Waals surface area contributed by atoms with Gasteiger partial charge in [-0.15, -0.1) is 0 Å². The minimum atomic E-state index is -0.0184. The number of hydrogen-bond donors (Lipinski definition) is 0. The summed E-state index contributed by atoms with van der Waals surface area (Å²) in [5, 5.41) is 0. The number of rotatable bonds is 3. The molecule has 1 aromatic heterocycles. The van der Waals surface area contributed by atoms with Crippen molar-refractivity contribution in [1.29, 1.82) is 0 Å². The lowest BCUT2D eigenvalue weighted by Crippen LogP contribution is -2.42. The van der Waals surface area contributed by atoms with Crippen molar-refractivity contribution in [3.05, 3.63) is 17.3 Å². The number of oxazole rings is 1. The van der Waals surface area contributed by atoms with Gasteiger partial charge in [-0.05, 0) is 37.0 Å². The van der Waals surface area contributed by atoms with Crippen molar-refractivity contribution < 1.29 is 9.21 Å². The summed E-state index contributed by atoms with van der Waals surface area (Å²) in [7, 11) is 0. The van der Waals surface area contributed by atoms with Crippen LogP contribution in [0.3, 0.4) is 0 Å². The van der Waals surface area contributed by atoms with Crippen molar-refractivity contribution in [2.45, 2.75) is 58.9 Å². The Bertz CT molecular complexity index is 610. The second-order valence-electron chi connectivity index (χ2n) is 8.68. The lowest BCUT2D eigenvalue weighted by molar-refractivity contribution is 0.0581. The van der Waals surface area contributed by atoms with E-state index < -0.39 is 0 Å². The van der Waals surface area contributed by atoms with Crippen LogP contribution in [0.15, 0.2) is 4.42 Å². The Kier molecular flexibility index (Phi) is 4.85. The first kappa shape index (κ1) is 17.1. The standard InChI is InChI=1S/C20H31N3O2/c1-14-9-15(2)11-23(10-14)20(24)19-21-17-13-22(8-7-18(17)25-19)12-16-5-3-4-6-16/h14-16H,3-13H2,1-2H3/t14-,15-/m1/s1. The van der Waals surface area contributed by atoms with E-state index in [-0.39, 0.29) is 5.91 Å². The molecule has 2 aliphatic heterocycles. The number of nitrogens with zero attached hydrogens (tertiary/aromatic N) is 3. The maximum atomic E-state index is 12.8. The average Bonchev–Trinajstić information content (AvgIpc) is 3.22. The maximum absolute atomic E-state index is 12.8. The topological polar surface area (TPSA) is 49.6 Å². The molecule has 4 rings (SSSR count). The Hall–Kier alpha value is -1.36. The zero-order chi connectivity index (χ0) is 17.4. The molecule has 5 heteroatoms. The van der Waals surface area contributed by atoms with E-state index in [0.717, 1.165) is 50.0 Å². The molecule has 0 bridgehead atoms. The minimum Gasteiger partial charge on any atom is -0.437 e. The van der Waals surface area contributed by atoms with E-state index in [2.05, 4.69) is 23.7 Å². The molecule has 5 nitrogen and oxygen atoms in total. The quantitative estimate of drug-likeness (QED) is 0.843. The van der Waals surface area contributed by atoms with Crippen LogP contribution in [0.5, 0.6) is 0 Å². The highest BCUT2D eigenvalue weighted by molar-refractivity contribution is 5.89. The highest BCUT2D eigenvalue weighted by Gasteiger charge is 2.31. The highest BCUT2D eigenvalue weighted by atomic mass is 16.4. The van der Waals surface area contributed by atoms with Gasteiger partial charge in [0, 0.05) is 39.1 Å². The van der Waals surface area contributed by atoms with Crippen molar-refractivity contribution in [1.82, 2.24) is 14.8 Å². The molecular weight excluding hydrogens is 314 g/mol. The first-order valence-electron chi connectivity index (χ1n) is 10.1. The second-order valence-corrected chi connectivity index (χ2v) is 8.68. The van der Waals surface area contributed by atoms with Gasteiger partial charge >= 0.3 is 5.91 Å². The van der Waals surface area contributed by atoms with Gasteiger partial charge in [0.1, 0.15) is 5.76 Å². The molecule has 2 fully saturated rings. The van der Waals surface area contributed by atoms with Gasteiger partial charge in [0.2, 0.25) is 0 Å². The monoisotopic (exact) mass is 345 g/mol. The van der Waals surface area contributed by atoms with Gasteiger partial charge in [-0.3, -0.25) is 9.69 Å². The molecule has 2 atom stereocenters. The summed E-state index contributed by atoms with van der Waals surface area (Å²) in [6, 6.07) is 0. The third-order valence-electron chi connectivity index (χ3n) is 6.14. The van der Waals surface area contributed by atoms with Gasteiger partial charge in [-0.1, -0.05) is 26.7 Å². The Balaban J connectivity index is 1.41. The molecule has 1 saturated heterocycles. The summed E-state index contributed by atoms with van der Waals surface area (Å²) in [5.41, 5.74) is 0.991. The van der Waals surface area contributed by atoms with Crippen molar-refractivity contribution >= 4 is 5.91 Å². The van der Waals surface area contributed by atoms with E-state index in [1.54, 1.807) is 0 Å². The molecule has 0 N–H and O–H groups in total. The van der Waals surface area contributed by atoms with Crippen LogP contribution in [0.4, 0.5) is 0 Å². The van der Waals surface area contributed by atoms with Gasteiger partial charge in [0.05, 0.1) is 5.69 Å². The van der Waals surface area contributed by atoms with Crippen molar-refractivity contribution in [2.24, 2.45) is 17.8 Å². The highest BCUT2D eigenvalue weighted by Crippen LogP contribution is 2.28. The summed E-state index contributed by atoms with van der Waals surface area (Å²) in [4.78, 5) is 21.9. The average molecular weight is 345 g/mol. The Morgan fingerprint density at radius 2 is 1.92 bits per heavy atom. The van der Waals surface area contributed by atoms with E-state index in [1.165, 1.54) is 38.6 Å². The first-order chi connectivity index (χ1) is 12.1. The van der Waals surface area contributed by atoms with Crippen molar-refractivity contribution in [3.8, 4) is 0 Å². The summed E-state index contributed by atoms with van der Waals surface area (Å²) in [5.74, 6) is 3.19. The molecule has 1 aromatic rings. The largest absolute Gasteiger partial charge is 0.437 e. The number of fused-ring (bicyclic) bond motifs is 1. The van der Waals surface area contributed by atoms with Gasteiger partial charge in [-0.25, -0.2) is 4.98 Å². The maximum Gasteiger partial charge on any atom is 0.309 e. The Labute approximate surface area is 150 Å². The molecule has 1 amide bonds. The molecule has 0 unspecified atom stereocenters. The van der Waals surface area contributed by atoms with Crippen LogP contribution in [-0.4, -0.2) is 46.9 Å². The van der Waals surface area contributed by atoms with Crippen LogP contribution >= 0.6 is 0 Å². The molecule has 0 spiro atoms. The number of piperidine rings is 1. The van der Waals surface area contributed by atoms with E-state index in [4.69, 9.17) is 4.42 Å². The molecule has 1 aliphatic carbocycles. The predicted octanol–water partition coefficient (Wildman–Crippen LogP) is 3.34. The summed E-state index contributed by atoms with van der Waals surface area (Å²) in [6.07, 6.45) is 7.60. The Morgan fingerprint density at radius 1 is 1.20 bits per heavy atom. The smallest absolute Gasteiger partial charge is 0.309 e. The van der Waals surface area contributed by atoms with Gasteiger partial charge in [-0.2, -0.15) is 0 Å². The fourth-order valence-electron chi connectivity index (χ4n) is 5.02. The Morgan fingerprint density at radius 3 is 2.64 bits per heavy atom. The van der Waals surface area contributed by atoms with Crippen LogP contribution in [0.2, 0.25) is 0 Å². The number of hydrogen-bond acceptors (Lipinski definition) is 4. The third-order valence-corrected chi connectivity index (χ3v) is 6.14. The van der Waals surface area contributed by atoms with E-state index in [1.807, 2.05) is 4.90 Å². The van der Waals surface area contributed by atoms with Crippen LogP contribution in [-0.2, 0) is 13.0 Å². The van der Waals surface area contributed by atoms with E-state index in [0.29, 0.717) is 17.7 Å². The summed E-state index contributed by atoms with van der Waals surface area (Å²) >= 11 is 0. The summed E-state index contributed by atoms with van der Waals surface area (Å²) in [6.45, 7) is 9.14. The fraction of sp³-hybridized carbons (Fsp3) is 0.800. The molecule has 25 heavy (non-hydrogen) atoms. The minimum absolute atomic E-state index is 0.0184.